The van der Waals surface area contributed by atoms with Crippen LogP contribution in [0, 0.1) is 0 Å². The smallest absolute Gasteiger partial charge is 1.00 e. The molecule has 0 aromatic carbocycles. The molecule has 0 rings (SSSR count). The molecule has 2 nitrogen and oxygen atoms in total. The standard InChI is InChI=1S/2CH3O.Al.Li.2H/c2*1-2;;;;/h2*1H3;;;;/q2*-1;+3;+1;2*-1. The first-order chi connectivity index (χ1) is 2.41. The Morgan fingerprint density at radius 1 is 1.33 bits per heavy atom. The molecule has 0 fully saturated rings. The van der Waals surface area contributed by atoms with Gasteiger partial charge in [0.2, 0.25) is 0 Å². The molecule has 4 heteroatoms. The van der Waals surface area contributed by atoms with Crippen molar-refractivity contribution in [2.24, 2.45) is 0 Å². The average molecular weight is 98.0 g/mol. The third kappa shape index (κ3) is 8.90. The van der Waals surface area contributed by atoms with Crippen molar-refractivity contribution in [1.29, 1.82) is 0 Å². The van der Waals surface area contributed by atoms with Crippen molar-refractivity contribution in [2.75, 3.05) is 14.2 Å². The van der Waals surface area contributed by atoms with Crippen LogP contribution in [0.2, 0.25) is 0 Å². The Morgan fingerprint density at radius 3 is 1.67 bits per heavy atom. The van der Waals surface area contributed by atoms with E-state index in [4.69, 9.17) is 0 Å². The maximum absolute atomic E-state index is 4.55. The largest absolute Gasteiger partial charge is 1.00 e. The van der Waals surface area contributed by atoms with E-state index < -0.39 is 0 Å². The van der Waals surface area contributed by atoms with E-state index in [1.54, 1.807) is 14.2 Å². The fourth-order valence-electron chi connectivity index (χ4n) is 0.0962. The van der Waals surface area contributed by atoms with Gasteiger partial charge in [-0.15, -0.1) is 0 Å². The molecule has 0 heterocycles. The summed E-state index contributed by atoms with van der Waals surface area (Å²) in [6.07, 6.45) is 0. The van der Waals surface area contributed by atoms with Crippen LogP contribution in [0.3, 0.4) is 0 Å². The van der Waals surface area contributed by atoms with E-state index >= 15 is 0 Å². The molecule has 0 amide bonds. The van der Waals surface area contributed by atoms with Crippen molar-refractivity contribution in [1.82, 2.24) is 0 Å². The van der Waals surface area contributed by atoms with Crippen LogP contribution < -0.4 is 18.9 Å². The Labute approximate surface area is 59.7 Å². The van der Waals surface area contributed by atoms with Crippen LogP contribution in [0.15, 0.2) is 0 Å². The third-order valence-electron chi connectivity index (χ3n) is 0.192. The molecule has 0 spiro atoms. The van der Waals surface area contributed by atoms with Gasteiger partial charge in [-0.05, 0) is 0 Å². The summed E-state index contributed by atoms with van der Waals surface area (Å²) in [6.45, 7) is 0. The van der Waals surface area contributed by atoms with E-state index in [0.29, 0.717) is 0 Å². The van der Waals surface area contributed by atoms with Crippen molar-refractivity contribution in [3.05, 3.63) is 0 Å². The summed E-state index contributed by atoms with van der Waals surface area (Å²) in [7, 11) is 3.25. The van der Waals surface area contributed by atoms with Crippen LogP contribution >= 0.6 is 0 Å². The molecule has 0 saturated carbocycles. The van der Waals surface area contributed by atoms with Crippen LogP contribution in [0.25, 0.3) is 0 Å². The van der Waals surface area contributed by atoms with E-state index in [-0.39, 0.29) is 37.6 Å². The Bertz CT molecular complexity index is 25.5. The minimum Gasteiger partial charge on any atom is -1.00 e. The first-order valence-electron chi connectivity index (χ1n) is 1.29. The molecular formula is C2H8AlLiO2. The molecule has 0 aromatic rings. The average Bonchev–Trinajstić information content (AvgIpc) is 1.41. The molecule has 0 atom stereocenters. The molecule has 0 bridgehead atoms. The van der Waals surface area contributed by atoms with Crippen molar-refractivity contribution in [3.63, 3.8) is 0 Å². The Hall–Kier alpha value is 1.05. The van der Waals surface area contributed by atoms with Gasteiger partial charge in [0.05, 0.1) is 0 Å². The zero-order valence-electron chi connectivity index (χ0n) is 6.39. The predicted octanol–water partition coefficient (Wildman–Crippen LogP) is -2.96. The quantitative estimate of drug-likeness (QED) is 0.343. The number of hydrogen-bond donors (Lipinski definition) is 0. The zero-order valence-corrected chi connectivity index (χ0v) is 5.55. The van der Waals surface area contributed by atoms with Crippen LogP contribution in [0.5, 0.6) is 0 Å². The van der Waals surface area contributed by atoms with Crippen LogP contribution in [0.4, 0.5) is 0 Å². The maximum Gasteiger partial charge on any atom is 1.00 e. The zero-order chi connectivity index (χ0) is 4.12. The first-order valence-corrected chi connectivity index (χ1v) is 2.23. The molecule has 0 radical (unpaired) electrons. The van der Waals surface area contributed by atoms with E-state index in [9.17, 15) is 0 Å². The number of rotatable bonds is 2. The van der Waals surface area contributed by atoms with Crippen LogP contribution in [0.1, 0.15) is 2.85 Å². The molecule has 6 heavy (non-hydrogen) atoms. The van der Waals surface area contributed by atoms with Gasteiger partial charge in [0.1, 0.15) is 0 Å². The van der Waals surface area contributed by atoms with Crippen LogP contribution in [-0.2, 0) is 7.58 Å². The summed E-state index contributed by atoms with van der Waals surface area (Å²) in [5, 5.41) is 0. The second-order valence-corrected chi connectivity index (χ2v) is 1.70. The fourth-order valence-corrected chi connectivity index (χ4v) is 0.289. The van der Waals surface area contributed by atoms with E-state index in [1.807, 2.05) is 0 Å². The topological polar surface area (TPSA) is 18.5 Å². The van der Waals surface area contributed by atoms with Gasteiger partial charge in [0.15, 0.2) is 0 Å². The molecule has 0 unspecified atom stereocenters. The maximum atomic E-state index is 4.55. The van der Waals surface area contributed by atoms with Gasteiger partial charge < -0.3 is 2.85 Å². The van der Waals surface area contributed by atoms with Crippen molar-refractivity contribution >= 4 is 15.9 Å². The normalized spacial score (nSPS) is 5.67. The van der Waals surface area contributed by atoms with Crippen molar-refractivity contribution in [2.45, 2.75) is 0 Å². The summed E-state index contributed by atoms with van der Waals surface area (Å²) in [4.78, 5) is 0. The summed E-state index contributed by atoms with van der Waals surface area (Å²) in [5.74, 6) is 0. The van der Waals surface area contributed by atoms with Gasteiger partial charge in [0.25, 0.3) is 0 Å². The Kier molecular flexibility index (Phi) is 15.9. The molecule has 0 aliphatic heterocycles. The van der Waals surface area contributed by atoms with Gasteiger partial charge >= 0.3 is 56.5 Å². The molecular weight excluding hydrogens is 89.9 g/mol. The van der Waals surface area contributed by atoms with Gasteiger partial charge in [-0.3, -0.25) is 0 Å². The fraction of sp³-hybridized carbons (Fsp3) is 1.00. The molecule has 0 saturated heterocycles. The second-order valence-electron chi connectivity index (χ2n) is 0.568. The minimum atomic E-state index is -0.185. The van der Waals surface area contributed by atoms with Crippen molar-refractivity contribution < 1.29 is 29.3 Å². The Morgan fingerprint density at radius 2 is 1.67 bits per heavy atom. The van der Waals surface area contributed by atoms with Crippen LogP contribution in [-0.4, -0.2) is 30.1 Å². The monoisotopic (exact) mass is 98.0 g/mol. The molecule has 0 aliphatic rings. The van der Waals surface area contributed by atoms with Gasteiger partial charge in [-0.2, -0.15) is 0 Å². The van der Waals surface area contributed by atoms with Crippen molar-refractivity contribution in [3.8, 4) is 0 Å². The Balaban J connectivity index is -0.0000000267. The first kappa shape index (κ1) is 10.1. The van der Waals surface area contributed by atoms with Gasteiger partial charge in [-0.25, -0.2) is 0 Å². The molecule has 0 aliphatic carbocycles. The molecule has 0 aromatic heterocycles. The summed E-state index contributed by atoms with van der Waals surface area (Å²) in [6, 6.07) is 0. The third-order valence-corrected chi connectivity index (χ3v) is 0.577. The van der Waals surface area contributed by atoms with Gasteiger partial charge in [-0.1, -0.05) is 0 Å². The summed E-state index contributed by atoms with van der Waals surface area (Å²) in [5.41, 5.74) is 0. The SMILES string of the molecule is C[O][Al+][O]C.[H-].[H-].[Li+]. The van der Waals surface area contributed by atoms with E-state index in [1.165, 1.54) is 0 Å². The number of hydrogen-bond acceptors (Lipinski definition) is 2. The molecule has 0 N–H and O–H groups in total. The summed E-state index contributed by atoms with van der Waals surface area (Å²) >= 11 is -0.185. The van der Waals surface area contributed by atoms with Gasteiger partial charge in [0, 0.05) is 0 Å². The van der Waals surface area contributed by atoms with E-state index in [2.05, 4.69) is 7.58 Å². The second kappa shape index (κ2) is 9.41. The molecule has 32 valence electrons. The minimum absolute atomic E-state index is 0. The van der Waals surface area contributed by atoms with E-state index in [0.717, 1.165) is 0 Å². The summed E-state index contributed by atoms with van der Waals surface area (Å²) < 4.78 is 9.10. The predicted molar refractivity (Wildman–Crippen MR) is 22.0 cm³/mol.